The highest BCUT2D eigenvalue weighted by Crippen LogP contribution is 2.43. The fraction of sp³-hybridized carbons (Fsp3) is 0.923. The van der Waals surface area contributed by atoms with E-state index in [0.29, 0.717) is 6.42 Å². The van der Waals surface area contributed by atoms with E-state index in [-0.39, 0.29) is 38.6 Å². The molecule has 0 saturated heterocycles. The Morgan fingerprint density at radius 1 is 0.722 bits per heavy atom. The average Bonchev–Trinajstić information content (AvgIpc) is 2.85. The predicted octanol–water partition coefficient (Wildman–Crippen LogP) is 6.21. The lowest BCUT2D eigenvalue weighted by Crippen LogP contribution is -2.29. The maximum absolute atomic E-state index is 12.2. The van der Waals surface area contributed by atoms with Gasteiger partial charge in [-0.2, -0.15) is 0 Å². The lowest BCUT2D eigenvalue weighted by molar-refractivity contribution is -0.161. The van der Waals surface area contributed by atoms with Gasteiger partial charge in [0, 0.05) is 19.4 Å². The smallest absolute Gasteiger partial charge is 0.462 e. The van der Waals surface area contributed by atoms with Crippen LogP contribution in [0.3, 0.4) is 0 Å². The number of ether oxygens (including phenoxy) is 2. The van der Waals surface area contributed by atoms with Crippen molar-refractivity contribution in [1.82, 2.24) is 0 Å². The first kappa shape index (κ1) is 35.0. The molecule has 0 aromatic rings. The first-order valence-corrected chi connectivity index (χ1v) is 15.5. The maximum Gasteiger partial charge on any atom is 0.472 e. The van der Waals surface area contributed by atoms with E-state index in [0.717, 1.165) is 44.9 Å². The molecular formula is C26H52NO8P. The van der Waals surface area contributed by atoms with Crippen molar-refractivity contribution in [2.24, 2.45) is 5.73 Å². The SMILES string of the molecule is CCCCCCCCCCCCC(=O)OC[C@H](COP(=O)(O)OCCN)OC(=O)CCCCCCC. The van der Waals surface area contributed by atoms with Gasteiger partial charge in [0.25, 0.3) is 0 Å². The Hall–Kier alpha value is -0.990. The minimum atomic E-state index is -4.34. The molecule has 0 fully saturated rings. The number of carbonyl (C=O) groups excluding carboxylic acids is 2. The molecule has 0 aromatic carbocycles. The zero-order valence-corrected chi connectivity index (χ0v) is 23.7. The summed E-state index contributed by atoms with van der Waals surface area (Å²) in [6, 6.07) is 0. The van der Waals surface area contributed by atoms with Crippen LogP contribution in [0.4, 0.5) is 0 Å². The highest BCUT2D eigenvalue weighted by molar-refractivity contribution is 7.47. The standard InChI is InChI=1S/C26H52NO8P/c1-3-5-7-9-10-11-12-13-15-16-18-25(28)32-22-24(23-34-36(30,31)33-21-20-27)35-26(29)19-17-14-8-6-4-2/h24H,3-23,27H2,1-2H3,(H,30,31)/t24-/m1/s1. The van der Waals surface area contributed by atoms with Crippen molar-refractivity contribution < 1.29 is 37.6 Å². The van der Waals surface area contributed by atoms with Gasteiger partial charge < -0.3 is 20.1 Å². The molecule has 214 valence electrons. The van der Waals surface area contributed by atoms with Crippen LogP contribution in [0.15, 0.2) is 0 Å². The third-order valence-corrected chi connectivity index (χ3v) is 6.73. The van der Waals surface area contributed by atoms with Crippen LogP contribution in [0.5, 0.6) is 0 Å². The van der Waals surface area contributed by atoms with Gasteiger partial charge in [0.2, 0.25) is 0 Å². The number of hydrogen-bond donors (Lipinski definition) is 2. The second-order valence-corrected chi connectivity index (χ2v) is 10.7. The predicted molar refractivity (Wildman–Crippen MR) is 141 cm³/mol. The molecule has 0 aliphatic carbocycles. The van der Waals surface area contributed by atoms with Crippen molar-refractivity contribution in [2.75, 3.05) is 26.4 Å². The first-order valence-electron chi connectivity index (χ1n) is 14.0. The topological polar surface area (TPSA) is 134 Å². The minimum absolute atomic E-state index is 0.0565. The quantitative estimate of drug-likeness (QED) is 0.0750. The van der Waals surface area contributed by atoms with Crippen molar-refractivity contribution in [3.8, 4) is 0 Å². The summed E-state index contributed by atoms with van der Waals surface area (Å²) < 4.78 is 32.1. The molecule has 0 bridgehead atoms. The number of hydrogen-bond acceptors (Lipinski definition) is 8. The normalized spacial score (nSPS) is 13.8. The van der Waals surface area contributed by atoms with Gasteiger partial charge in [0.15, 0.2) is 6.10 Å². The fourth-order valence-electron chi connectivity index (χ4n) is 3.63. The Morgan fingerprint density at radius 2 is 1.19 bits per heavy atom. The molecule has 0 saturated carbocycles. The Kier molecular flexibility index (Phi) is 23.7. The Bertz CT molecular complexity index is 590. The van der Waals surface area contributed by atoms with E-state index in [1.54, 1.807) is 0 Å². The first-order chi connectivity index (χ1) is 17.3. The van der Waals surface area contributed by atoms with Crippen molar-refractivity contribution >= 4 is 19.8 Å². The van der Waals surface area contributed by atoms with Gasteiger partial charge in [0.05, 0.1) is 13.2 Å². The number of carbonyl (C=O) groups is 2. The lowest BCUT2D eigenvalue weighted by atomic mass is 10.1. The van der Waals surface area contributed by atoms with Gasteiger partial charge in [-0.25, -0.2) is 4.57 Å². The summed E-state index contributed by atoms with van der Waals surface area (Å²) >= 11 is 0. The molecule has 0 spiro atoms. The van der Waals surface area contributed by atoms with Gasteiger partial charge in [0.1, 0.15) is 6.61 Å². The summed E-state index contributed by atoms with van der Waals surface area (Å²) in [6.45, 7) is 3.58. The molecule has 2 atom stereocenters. The maximum atomic E-state index is 12.2. The van der Waals surface area contributed by atoms with Crippen molar-refractivity contribution in [1.29, 1.82) is 0 Å². The second-order valence-electron chi connectivity index (χ2n) is 9.28. The van der Waals surface area contributed by atoms with Crippen molar-refractivity contribution in [3.05, 3.63) is 0 Å². The highest BCUT2D eigenvalue weighted by Gasteiger charge is 2.25. The third-order valence-electron chi connectivity index (χ3n) is 5.74. The van der Waals surface area contributed by atoms with E-state index in [1.165, 1.54) is 44.9 Å². The number of nitrogens with two attached hydrogens (primary N) is 1. The molecule has 0 rings (SSSR count). The molecule has 0 aliphatic rings. The van der Waals surface area contributed by atoms with E-state index < -0.39 is 26.5 Å². The van der Waals surface area contributed by atoms with Crippen molar-refractivity contribution in [3.63, 3.8) is 0 Å². The van der Waals surface area contributed by atoms with Gasteiger partial charge in [-0.15, -0.1) is 0 Å². The monoisotopic (exact) mass is 537 g/mol. The van der Waals surface area contributed by atoms with Crippen LogP contribution in [-0.2, 0) is 32.7 Å². The third kappa shape index (κ3) is 23.4. The summed E-state index contributed by atoms with van der Waals surface area (Å²) in [6.07, 6.45) is 16.1. The van der Waals surface area contributed by atoms with E-state index >= 15 is 0 Å². The average molecular weight is 538 g/mol. The fourth-order valence-corrected chi connectivity index (χ4v) is 4.40. The van der Waals surface area contributed by atoms with Crippen molar-refractivity contribution in [2.45, 2.75) is 129 Å². The number of phosphoric ester groups is 1. The highest BCUT2D eigenvalue weighted by atomic mass is 31.2. The molecule has 1 unspecified atom stereocenters. The van der Waals surface area contributed by atoms with Crippen LogP contribution in [0.1, 0.15) is 123 Å². The van der Waals surface area contributed by atoms with Crippen LogP contribution in [0, 0.1) is 0 Å². The molecule has 0 amide bonds. The van der Waals surface area contributed by atoms with Crippen LogP contribution in [0.25, 0.3) is 0 Å². The molecule has 0 aliphatic heterocycles. The molecule has 0 radical (unpaired) electrons. The summed E-state index contributed by atoms with van der Waals surface area (Å²) in [5.41, 5.74) is 5.27. The largest absolute Gasteiger partial charge is 0.472 e. The Morgan fingerprint density at radius 3 is 1.69 bits per heavy atom. The molecule has 3 N–H and O–H groups in total. The zero-order chi connectivity index (χ0) is 26.9. The number of phosphoric acid groups is 1. The summed E-state index contributed by atoms with van der Waals surface area (Å²) in [4.78, 5) is 34.0. The Labute approximate surface area is 218 Å². The van der Waals surface area contributed by atoms with Crippen LogP contribution >= 0.6 is 7.82 Å². The molecule has 10 heteroatoms. The molecule has 9 nitrogen and oxygen atoms in total. The van der Waals surface area contributed by atoms with Gasteiger partial charge in [-0.3, -0.25) is 18.6 Å². The number of unbranched alkanes of at least 4 members (excludes halogenated alkanes) is 13. The van der Waals surface area contributed by atoms with E-state index in [4.69, 9.17) is 24.3 Å². The van der Waals surface area contributed by atoms with E-state index in [9.17, 15) is 19.0 Å². The zero-order valence-electron chi connectivity index (χ0n) is 22.8. The van der Waals surface area contributed by atoms with Gasteiger partial charge in [-0.05, 0) is 12.8 Å². The van der Waals surface area contributed by atoms with Crippen LogP contribution in [-0.4, -0.2) is 49.3 Å². The molecule has 0 aromatic heterocycles. The summed E-state index contributed by atoms with van der Waals surface area (Å²) in [5, 5.41) is 0. The van der Waals surface area contributed by atoms with Gasteiger partial charge in [-0.1, -0.05) is 97.3 Å². The number of rotatable bonds is 26. The van der Waals surface area contributed by atoms with E-state index in [1.807, 2.05) is 0 Å². The molecule has 36 heavy (non-hydrogen) atoms. The minimum Gasteiger partial charge on any atom is -0.462 e. The van der Waals surface area contributed by atoms with E-state index in [2.05, 4.69) is 13.8 Å². The molecule has 0 heterocycles. The second kappa shape index (κ2) is 24.4. The Balaban J connectivity index is 4.31. The lowest BCUT2D eigenvalue weighted by Gasteiger charge is -2.19. The number of esters is 2. The van der Waals surface area contributed by atoms with Crippen LogP contribution in [0.2, 0.25) is 0 Å². The summed E-state index contributed by atoms with van der Waals surface area (Å²) in [7, 11) is -4.34. The summed E-state index contributed by atoms with van der Waals surface area (Å²) in [5.74, 6) is -0.844. The van der Waals surface area contributed by atoms with Crippen LogP contribution < -0.4 is 5.73 Å². The molecular weight excluding hydrogens is 485 g/mol. The van der Waals surface area contributed by atoms with Gasteiger partial charge >= 0.3 is 19.8 Å².